The summed E-state index contributed by atoms with van der Waals surface area (Å²) in [5.41, 5.74) is 3.68. The number of amides is 1. The van der Waals surface area contributed by atoms with Crippen molar-refractivity contribution in [3.05, 3.63) is 100 Å². The summed E-state index contributed by atoms with van der Waals surface area (Å²) in [7, 11) is 0. The Balaban J connectivity index is 1.89. The summed E-state index contributed by atoms with van der Waals surface area (Å²) in [5, 5.41) is 0. The Morgan fingerprint density at radius 1 is 0.857 bits per heavy atom. The van der Waals surface area contributed by atoms with Crippen LogP contribution < -0.4 is 4.90 Å². The van der Waals surface area contributed by atoms with Gasteiger partial charge in [0, 0.05) is 26.7 Å². The van der Waals surface area contributed by atoms with Gasteiger partial charge >= 0.3 is 0 Å². The molecule has 2 nitrogen and oxygen atoms in total. The van der Waals surface area contributed by atoms with Crippen LogP contribution in [0.4, 0.5) is 5.69 Å². The van der Waals surface area contributed by atoms with E-state index in [1.54, 1.807) is 0 Å². The zero-order valence-electron chi connectivity index (χ0n) is 16.4. The molecule has 28 heavy (non-hydrogen) atoms. The smallest absolute Gasteiger partial charge is 0.258 e. The van der Waals surface area contributed by atoms with E-state index >= 15 is 0 Å². The highest BCUT2D eigenvalue weighted by Crippen LogP contribution is 2.50. The van der Waals surface area contributed by atoms with E-state index in [0.717, 1.165) is 22.1 Å². The summed E-state index contributed by atoms with van der Waals surface area (Å²) in [5.74, 6) is 0.0518. The first-order chi connectivity index (χ1) is 13.3. The van der Waals surface area contributed by atoms with E-state index in [4.69, 9.17) is 0 Å². The lowest BCUT2D eigenvalue weighted by Crippen LogP contribution is -2.55. The summed E-state index contributed by atoms with van der Waals surface area (Å²) < 4.78 is 1.07. The van der Waals surface area contributed by atoms with Crippen LogP contribution in [0.1, 0.15) is 48.7 Å². The van der Waals surface area contributed by atoms with Crippen molar-refractivity contribution in [2.45, 2.75) is 38.1 Å². The summed E-state index contributed by atoms with van der Waals surface area (Å²) >= 11 is 3.54. The van der Waals surface area contributed by atoms with E-state index in [-0.39, 0.29) is 16.9 Å². The van der Waals surface area contributed by atoms with Gasteiger partial charge in [-0.15, -0.1) is 0 Å². The van der Waals surface area contributed by atoms with Crippen LogP contribution in [0.3, 0.4) is 0 Å². The summed E-state index contributed by atoms with van der Waals surface area (Å²) in [6, 6.07) is 26.5. The Hall–Kier alpha value is -2.39. The monoisotopic (exact) mass is 433 g/mol. The number of para-hydroxylation sites is 1. The second-order valence-corrected chi connectivity index (χ2v) is 9.27. The van der Waals surface area contributed by atoms with Crippen molar-refractivity contribution < 1.29 is 4.79 Å². The van der Waals surface area contributed by atoms with Gasteiger partial charge in [0.25, 0.3) is 5.91 Å². The first-order valence-corrected chi connectivity index (χ1v) is 10.4. The van der Waals surface area contributed by atoms with Gasteiger partial charge in [-0.25, -0.2) is 0 Å². The number of rotatable bonds is 2. The first-order valence-electron chi connectivity index (χ1n) is 9.58. The van der Waals surface area contributed by atoms with Gasteiger partial charge in [0.05, 0.1) is 0 Å². The summed E-state index contributed by atoms with van der Waals surface area (Å²) in [6.45, 7) is 6.63. The predicted molar refractivity (Wildman–Crippen MR) is 119 cm³/mol. The van der Waals surface area contributed by atoms with Crippen LogP contribution in [0.2, 0.25) is 0 Å². The molecule has 0 radical (unpaired) electrons. The van der Waals surface area contributed by atoms with Gasteiger partial charge < -0.3 is 4.90 Å². The van der Waals surface area contributed by atoms with Gasteiger partial charge in [0.1, 0.15) is 0 Å². The minimum Gasteiger partial charge on any atom is -0.302 e. The molecule has 0 aromatic heterocycles. The summed E-state index contributed by atoms with van der Waals surface area (Å²) in [6.07, 6.45) is 0.844. The molecular formula is C25H24BrNO. The Labute approximate surface area is 175 Å². The molecule has 0 spiro atoms. The van der Waals surface area contributed by atoms with Crippen molar-refractivity contribution in [3.63, 3.8) is 0 Å². The highest BCUT2D eigenvalue weighted by atomic mass is 79.9. The number of fused-ring (bicyclic) bond motifs is 1. The topological polar surface area (TPSA) is 20.3 Å². The Kier molecular flexibility index (Phi) is 4.67. The lowest BCUT2D eigenvalue weighted by Gasteiger charge is -2.51. The third-order valence-corrected chi connectivity index (χ3v) is 6.36. The average Bonchev–Trinajstić information content (AvgIpc) is 2.68. The largest absolute Gasteiger partial charge is 0.302 e. The highest BCUT2D eigenvalue weighted by Gasteiger charge is 2.47. The van der Waals surface area contributed by atoms with E-state index in [0.29, 0.717) is 0 Å². The van der Waals surface area contributed by atoms with Gasteiger partial charge in [0.15, 0.2) is 0 Å². The minimum atomic E-state index is -0.330. The molecule has 0 N–H and O–H groups in total. The minimum absolute atomic E-state index is 0.0518. The van der Waals surface area contributed by atoms with Crippen molar-refractivity contribution in [2.24, 2.45) is 0 Å². The van der Waals surface area contributed by atoms with E-state index in [1.807, 2.05) is 41.3 Å². The number of anilines is 1. The Morgan fingerprint density at radius 2 is 1.46 bits per heavy atom. The summed E-state index contributed by atoms with van der Waals surface area (Å²) in [4.78, 5) is 15.5. The number of benzene rings is 3. The molecule has 1 aliphatic rings. The number of carbonyl (C=O) groups excluding carboxylic acids is 1. The van der Waals surface area contributed by atoms with Crippen molar-refractivity contribution in [1.82, 2.24) is 0 Å². The molecule has 142 valence electrons. The molecule has 0 saturated heterocycles. The first kappa shape index (κ1) is 18.9. The van der Waals surface area contributed by atoms with Crippen LogP contribution in [0.15, 0.2) is 83.3 Å². The quantitative estimate of drug-likeness (QED) is 0.446. The average molecular weight is 434 g/mol. The van der Waals surface area contributed by atoms with Gasteiger partial charge in [-0.3, -0.25) is 4.79 Å². The number of halogens is 1. The molecular weight excluding hydrogens is 410 g/mol. The van der Waals surface area contributed by atoms with Crippen LogP contribution in [0, 0.1) is 0 Å². The molecule has 0 bridgehead atoms. The van der Waals surface area contributed by atoms with Crippen molar-refractivity contribution in [1.29, 1.82) is 0 Å². The number of hydrogen-bond acceptors (Lipinski definition) is 1. The van der Waals surface area contributed by atoms with Gasteiger partial charge in [-0.05, 0) is 61.7 Å². The highest BCUT2D eigenvalue weighted by molar-refractivity contribution is 9.10. The second kappa shape index (κ2) is 6.89. The fourth-order valence-electron chi connectivity index (χ4n) is 4.67. The molecule has 3 heteroatoms. The second-order valence-electron chi connectivity index (χ2n) is 8.35. The van der Waals surface area contributed by atoms with E-state index in [2.05, 4.69) is 79.2 Å². The lowest BCUT2D eigenvalue weighted by atomic mass is 9.65. The zero-order chi connectivity index (χ0) is 19.9. The normalized spacial score (nSPS) is 20.5. The maximum absolute atomic E-state index is 13.5. The number of hydrogen-bond donors (Lipinski definition) is 0. The zero-order valence-corrected chi connectivity index (χ0v) is 18.0. The molecule has 4 rings (SSSR count). The van der Waals surface area contributed by atoms with Crippen LogP contribution in [-0.4, -0.2) is 11.4 Å². The van der Waals surface area contributed by atoms with Crippen LogP contribution >= 0.6 is 15.9 Å². The lowest BCUT2D eigenvalue weighted by molar-refractivity contribution is 0.0948. The molecule has 1 heterocycles. The van der Waals surface area contributed by atoms with Gasteiger partial charge in [-0.1, -0.05) is 71.4 Å². The standard InChI is InChI=1S/C25H24BrNO/c1-24(2)17-25(3,19-13-15-20(26)16-14-19)21-11-7-8-12-22(21)27(24)23(28)18-9-5-4-6-10-18/h4-16H,17H2,1-3H3. The molecule has 3 aromatic carbocycles. The maximum atomic E-state index is 13.5. The maximum Gasteiger partial charge on any atom is 0.258 e. The van der Waals surface area contributed by atoms with Gasteiger partial charge in [0.2, 0.25) is 0 Å². The molecule has 0 saturated carbocycles. The van der Waals surface area contributed by atoms with Crippen LogP contribution in [-0.2, 0) is 5.41 Å². The van der Waals surface area contributed by atoms with E-state index in [9.17, 15) is 4.79 Å². The molecule has 0 aliphatic carbocycles. The molecule has 1 unspecified atom stereocenters. The van der Waals surface area contributed by atoms with Crippen molar-refractivity contribution >= 4 is 27.5 Å². The fourth-order valence-corrected chi connectivity index (χ4v) is 4.93. The van der Waals surface area contributed by atoms with Gasteiger partial charge in [-0.2, -0.15) is 0 Å². The molecule has 1 atom stereocenters. The van der Waals surface area contributed by atoms with Crippen LogP contribution in [0.25, 0.3) is 0 Å². The van der Waals surface area contributed by atoms with Crippen LogP contribution in [0.5, 0.6) is 0 Å². The Bertz CT molecular complexity index is 1010. The van der Waals surface area contributed by atoms with Crippen molar-refractivity contribution in [3.8, 4) is 0 Å². The third-order valence-electron chi connectivity index (χ3n) is 5.84. The Morgan fingerprint density at radius 3 is 2.14 bits per heavy atom. The third kappa shape index (κ3) is 3.08. The van der Waals surface area contributed by atoms with E-state index < -0.39 is 0 Å². The number of nitrogens with zero attached hydrogens (tertiary/aromatic N) is 1. The SMILES string of the molecule is CC1(c2ccc(Br)cc2)CC(C)(C)N(C(=O)c2ccccc2)c2ccccc21. The van der Waals surface area contributed by atoms with E-state index in [1.165, 1.54) is 11.1 Å². The molecule has 0 fully saturated rings. The molecule has 1 aliphatic heterocycles. The predicted octanol–water partition coefficient (Wildman–Crippen LogP) is 6.58. The molecule has 1 amide bonds. The fraction of sp³-hybridized carbons (Fsp3) is 0.240. The number of carbonyl (C=O) groups is 1. The van der Waals surface area contributed by atoms with Crippen molar-refractivity contribution in [2.75, 3.05) is 4.90 Å². The molecule has 3 aromatic rings.